The molecule has 16 heavy (non-hydrogen) atoms. The van der Waals surface area contributed by atoms with Crippen LogP contribution in [0.4, 0.5) is 0 Å². The predicted molar refractivity (Wildman–Crippen MR) is 63.3 cm³/mol. The highest BCUT2D eigenvalue weighted by Crippen LogP contribution is 2.45. The van der Waals surface area contributed by atoms with Crippen LogP contribution in [0.2, 0.25) is 0 Å². The van der Waals surface area contributed by atoms with Gasteiger partial charge in [-0.05, 0) is 28.0 Å². The lowest BCUT2D eigenvalue weighted by Gasteiger charge is -2.04. The van der Waals surface area contributed by atoms with Gasteiger partial charge in [0.25, 0.3) is 0 Å². The number of epoxide rings is 1. The SMILES string of the molecule is O[C@@H](c1ccsc1)[C@@H]1O[C@H]1c1ccccc1. The van der Waals surface area contributed by atoms with Crippen LogP contribution in [0, 0.1) is 0 Å². The van der Waals surface area contributed by atoms with E-state index in [4.69, 9.17) is 4.74 Å². The molecule has 0 saturated carbocycles. The van der Waals surface area contributed by atoms with Crippen LogP contribution in [-0.4, -0.2) is 11.2 Å². The minimum atomic E-state index is -0.503. The van der Waals surface area contributed by atoms with Crippen molar-refractivity contribution in [2.75, 3.05) is 0 Å². The number of thiophene rings is 1. The van der Waals surface area contributed by atoms with E-state index in [0.29, 0.717) is 0 Å². The average molecular weight is 232 g/mol. The van der Waals surface area contributed by atoms with Gasteiger partial charge in [0.2, 0.25) is 0 Å². The Hall–Kier alpha value is -1.16. The third-order valence-electron chi connectivity index (χ3n) is 2.85. The standard InChI is InChI=1S/C13H12O2S/c14-11(10-6-7-16-8-10)13-12(15-13)9-4-2-1-3-5-9/h1-8,11-14H/t11-,12-,13-/m0/s1. The number of hydrogen-bond donors (Lipinski definition) is 1. The summed E-state index contributed by atoms with van der Waals surface area (Å²) in [6.45, 7) is 0. The Morgan fingerprint density at radius 1 is 1.19 bits per heavy atom. The number of benzene rings is 1. The van der Waals surface area contributed by atoms with Crippen LogP contribution in [0.3, 0.4) is 0 Å². The van der Waals surface area contributed by atoms with Gasteiger partial charge in [-0.1, -0.05) is 30.3 Å². The molecule has 0 bridgehead atoms. The van der Waals surface area contributed by atoms with E-state index >= 15 is 0 Å². The maximum Gasteiger partial charge on any atom is 0.119 e. The maximum atomic E-state index is 10.1. The molecule has 1 fully saturated rings. The molecule has 3 heteroatoms. The molecule has 2 aromatic rings. The molecule has 3 rings (SSSR count). The van der Waals surface area contributed by atoms with Crippen molar-refractivity contribution in [2.24, 2.45) is 0 Å². The van der Waals surface area contributed by atoms with Crippen molar-refractivity contribution in [3.05, 3.63) is 58.3 Å². The summed E-state index contributed by atoms with van der Waals surface area (Å²) in [4.78, 5) is 0. The minimum Gasteiger partial charge on any atom is -0.386 e. The lowest BCUT2D eigenvalue weighted by atomic mass is 10.0. The fourth-order valence-electron chi connectivity index (χ4n) is 1.91. The number of rotatable bonds is 3. The highest BCUT2D eigenvalue weighted by atomic mass is 32.1. The first-order valence-corrected chi connectivity index (χ1v) is 6.21. The van der Waals surface area contributed by atoms with Gasteiger partial charge < -0.3 is 9.84 Å². The van der Waals surface area contributed by atoms with Crippen molar-refractivity contribution >= 4 is 11.3 Å². The van der Waals surface area contributed by atoms with E-state index in [1.54, 1.807) is 11.3 Å². The predicted octanol–water partition coefficient (Wildman–Crippen LogP) is 2.92. The van der Waals surface area contributed by atoms with Crippen LogP contribution >= 0.6 is 11.3 Å². The second-order valence-corrected chi connectivity index (χ2v) is 4.71. The van der Waals surface area contributed by atoms with Gasteiger partial charge in [0.1, 0.15) is 18.3 Å². The molecule has 0 amide bonds. The van der Waals surface area contributed by atoms with Gasteiger partial charge in [-0.15, -0.1) is 0 Å². The number of ether oxygens (including phenoxy) is 1. The number of aliphatic hydroxyl groups excluding tert-OH is 1. The smallest absolute Gasteiger partial charge is 0.119 e. The zero-order chi connectivity index (χ0) is 11.0. The normalized spacial score (nSPS) is 25.3. The van der Waals surface area contributed by atoms with E-state index in [0.717, 1.165) is 11.1 Å². The molecule has 1 aromatic carbocycles. The van der Waals surface area contributed by atoms with Crippen molar-refractivity contribution in [3.63, 3.8) is 0 Å². The van der Waals surface area contributed by atoms with E-state index in [2.05, 4.69) is 0 Å². The summed E-state index contributed by atoms with van der Waals surface area (Å²) in [5, 5.41) is 14.0. The molecule has 1 aliphatic rings. The molecule has 1 aromatic heterocycles. The number of hydrogen-bond acceptors (Lipinski definition) is 3. The Morgan fingerprint density at radius 2 is 2.00 bits per heavy atom. The van der Waals surface area contributed by atoms with Crippen LogP contribution in [0.25, 0.3) is 0 Å². The molecule has 2 nitrogen and oxygen atoms in total. The van der Waals surface area contributed by atoms with Crippen LogP contribution in [-0.2, 0) is 4.74 Å². The molecule has 0 unspecified atom stereocenters. The van der Waals surface area contributed by atoms with Crippen molar-refractivity contribution in [2.45, 2.75) is 18.3 Å². The van der Waals surface area contributed by atoms with Crippen LogP contribution in [0.15, 0.2) is 47.2 Å². The van der Waals surface area contributed by atoms with Gasteiger partial charge in [-0.25, -0.2) is 0 Å². The van der Waals surface area contributed by atoms with E-state index in [9.17, 15) is 5.11 Å². The summed E-state index contributed by atoms with van der Waals surface area (Å²) in [7, 11) is 0. The van der Waals surface area contributed by atoms with Crippen molar-refractivity contribution in [1.29, 1.82) is 0 Å². The largest absolute Gasteiger partial charge is 0.386 e. The highest BCUT2D eigenvalue weighted by Gasteiger charge is 2.45. The van der Waals surface area contributed by atoms with E-state index in [-0.39, 0.29) is 12.2 Å². The molecular weight excluding hydrogens is 220 g/mol. The molecule has 82 valence electrons. The van der Waals surface area contributed by atoms with Crippen LogP contribution in [0.1, 0.15) is 23.3 Å². The lowest BCUT2D eigenvalue weighted by Crippen LogP contribution is -2.04. The third-order valence-corrected chi connectivity index (χ3v) is 3.55. The zero-order valence-corrected chi connectivity index (χ0v) is 9.43. The topological polar surface area (TPSA) is 32.8 Å². The minimum absolute atomic E-state index is 0.0519. The molecule has 3 atom stereocenters. The zero-order valence-electron chi connectivity index (χ0n) is 8.61. The lowest BCUT2D eigenvalue weighted by molar-refractivity contribution is 0.137. The Balaban J connectivity index is 1.73. The molecule has 2 heterocycles. The van der Waals surface area contributed by atoms with Gasteiger partial charge in [0.05, 0.1) is 0 Å². The summed E-state index contributed by atoms with van der Waals surface area (Å²) in [6.07, 6.45) is -0.537. The van der Waals surface area contributed by atoms with Gasteiger partial charge in [-0.3, -0.25) is 0 Å². The first kappa shape index (κ1) is 10.0. The van der Waals surface area contributed by atoms with Gasteiger partial charge in [0, 0.05) is 0 Å². The molecule has 0 aliphatic carbocycles. The Morgan fingerprint density at radius 3 is 2.69 bits per heavy atom. The Kier molecular flexibility index (Phi) is 2.52. The fourth-order valence-corrected chi connectivity index (χ4v) is 2.60. The summed E-state index contributed by atoms with van der Waals surface area (Å²) >= 11 is 1.59. The molecular formula is C13H12O2S. The van der Waals surface area contributed by atoms with E-state index in [1.165, 1.54) is 0 Å². The molecule has 1 N–H and O–H groups in total. The second-order valence-electron chi connectivity index (χ2n) is 3.93. The van der Waals surface area contributed by atoms with Crippen LogP contribution in [0.5, 0.6) is 0 Å². The van der Waals surface area contributed by atoms with E-state index in [1.807, 2.05) is 47.2 Å². The maximum absolute atomic E-state index is 10.1. The molecule has 1 saturated heterocycles. The first-order valence-electron chi connectivity index (χ1n) is 5.27. The average Bonchev–Trinajstić information content (AvgIpc) is 2.95. The summed E-state index contributed by atoms with van der Waals surface area (Å²) in [5.41, 5.74) is 2.09. The van der Waals surface area contributed by atoms with E-state index < -0.39 is 6.10 Å². The first-order chi connectivity index (χ1) is 7.86. The van der Waals surface area contributed by atoms with Crippen molar-refractivity contribution in [3.8, 4) is 0 Å². The number of aliphatic hydroxyl groups is 1. The molecule has 1 aliphatic heterocycles. The monoisotopic (exact) mass is 232 g/mol. The summed E-state index contributed by atoms with van der Waals surface area (Å²) in [6, 6.07) is 12.0. The quantitative estimate of drug-likeness (QED) is 0.825. The molecule has 0 spiro atoms. The fraction of sp³-hybridized carbons (Fsp3) is 0.231. The summed E-state index contributed by atoms with van der Waals surface area (Å²) < 4.78 is 5.54. The Bertz CT molecular complexity index is 452. The van der Waals surface area contributed by atoms with Crippen LogP contribution < -0.4 is 0 Å². The second kappa shape index (κ2) is 4.01. The van der Waals surface area contributed by atoms with Gasteiger partial charge in [0.15, 0.2) is 0 Å². The Labute approximate surface area is 98.1 Å². The third kappa shape index (κ3) is 1.78. The van der Waals surface area contributed by atoms with Gasteiger partial charge in [-0.2, -0.15) is 11.3 Å². The van der Waals surface area contributed by atoms with Crippen molar-refractivity contribution < 1.29 is 9.84 Å². The molecule has 0 radical (unpaired) electrons. The van der Waals surface area contributed by atoms with Crippen molar-refractivity contribution in [1.82, 2.24) is 0 Å². The van der Waals surface area contributed by atoms with Gasteiger partial charge >= 0.3 is 0 Å². The summed E-state index contributed by atoms with van der Waals surface area (Å²) in [5.74, 6) is 0. The highest BCUT2D eigenvalue weighted by molar-refractivity contribution is 7.07.